The Hall–Kier alpha value is -7.36. The first-order valence-corrected chi connectivity index (χ1v) is 25.5. The number of hydrogen-bond donors (Lipinski definition) is 0. The van der Waals surface area contributed by atoms with Crippen LogP contribution in [0.4, 0.5) is 17.6 Å². The highest BCUT2D eigenvalue weighted by Crippen LogP contribution is 2.17. The normalized spacial score (nSPS) is 10.3. The van der Waals surface area contributed by atoms with E-state index in [0.717, 1.165) is 46.6 Å². The Labute approximate surface area is 450 Å². The lowest BCUT2D eigenvalue weighted by Gasteiger charge is -2.03. The monoisotopic (exact) mass is 1040 g/mol. The summed E-state index contributed by atoms with van der Waals surface area (Å²) < 4.78 is 50.2. The van der Waals surface area contributed by atoms with Crippen LogP contribution < -0.4 is 0 Å². The van der Waals surface area contributed by atoms with Crippen molar-refractivity contribution in [2.24, 2.45) is 0 Å². The van der Waals surface area contributed by atoms with Gasteiger partial charge >= 0.3 is 0 Å². The zero-order chi connectivity index (χ0) is 57.0. The standard InChI is InChI=1S/C8H9F2N.2C8H10FN.C8H11N.4C7H10N2/c1-5(2)8-7(10)3-6(9)4-11-8;1-6(2)8-4-3-7(9)5-10-8;1-6(2)8-7(9)4-3-5-10-8;1-7(2)8-5-3-4-6-9-8;1-6(2)7-5-8-3-4-9-7;1-6(2)7-3-4-8-5-9-7;1-6(2)7-8-4-3-5-9-7;1-6(2)7-4-3-5-8-9-7/h3-5H,1-2H3;2*3-6H,1-2H3;3-7H,1-2H3;4*3-6H,1-2H3. The molecule has 76 heavy (non-hydrogen) atoms. The molecular weight excluding hydrogens is 965 g/mol. The summed E-state index contributed by atoms with van der Waals surface area (Å²) >= 11 is 0. The van der Waals surface area contributed by atoms with E-state index in [2.05, 4.69) is 129 Å². The molecule has 0 aliphatic carbocycles. The lowest BCUT2D eigenvalue weighted by atomic mass is 10.1. The van der Waals surface area contributed by atoms with Crippen molar-refractivity contribution < 1.29 is 17.6 Å². The lowest BCUT2D eigenvalue weighted by Crippen LogP contribution is -1.97. The summed E-state index contributed by atoms with van der Waals surface area (Å²) in [5.41, 5.74) is 6.16. The Bertz CT molecular complexity index is 2400. The molecule has 0 saturated carbocycles. The summed E-state index contributed by atoms with van der Waals surface area (Å²) in [6.45, 7) is 32.6. The van der Waals surface area contributed by atoms with E-state index in [-0.39, 0.29) is 23.5 Å². The molecule has 12 nitrogen and oxygen atoms in total. The molecule has 0 unspecified atom stereocenters. The van der Waals surface area contributed by atoms with E-state index in [0.29, 0.717) is 46.9 Å². The van der Waals surface area contributed by atoms with E-state index in [9.17, 15) is 17.6 Å². The molecule has 0 aromatic carbocycles. The lowest BCUT2D eigenvalue weighted by molar-refractivity contribution is 0.548. The highest BCUT2D eigenvalue weighted by atomic mass is 19.1. The largest absolute Gasteiger partial charge is 0.261 e. The van der Waals surface area contributed by atoms with E-state index < -0.39 is 11.6 Å². The van der Waals surface area contributed by atoms with Gasteiger partial charge in [0.1, 0.15) is 35.4 Å². The zero-order valence-corrected chi connectivity index (χ0v) is 47.4. The van der Waals surface area contributed by atoms with E-state index in [1.807, 2.05) is 90.2 Å². The summed E-state index contributed by atoms with van der Waals surface area (Å²) in [5.74, 6) is 2.23. The molecule has 0 aliphatic rings. The predicted molar refractivity (Wildman–Crippen MR) is 298 cm³/mol. The number of rotatable bonds is 8. The fraction of sp³-hybridized carbons (Fsp3) is 0.400. The van der Waals surface area contributed by atoms with Crippen LogP contribution in [0, 0.1) is 23.3 Å². The van der Waals surface area contributed by atoms with Gasteiger partial charge in [0.15, 0.2) is 0 Å². The molecule has 0 fully saturated rings. The molecule has 0 bridgehead atoms. The summed E-state index contributed by atoms with van der Waals surface area (Å²) in [7, 11) is 0. The molecule has 0 spiro atoms. The van der Waals surface area contributed by atoms with Gasteiger partial charge in [0.2, 0.25) is 0 Å². The third-order valence-electron chi connectivity index (χ3n) is 10.00. The Kier molecular flexibility index (Phi) is 33.5. The molecular formula is C60H80F4N12. The minimum atomic E-state index is -0.632. The van der Waals surface area contributed by atoms with Crippen molar-refractivity contribution >= 4 is 0 Å². The Balaban J connectivity index is 0.000000435. The molecule has 0 N–H and O–H groups in total. The van der Waals surface area contributed by atoms with Crippen molar-refractivity contribution in [3.05, 3.63) is 216 Å². The van der Waals surface area contributed by atoms with Crippen LogP contribution in [0.15, 0.2) is 147 Å². The van der Waals surface area contributed by atoms with Crippen molar-refractivity contribution in [2.45, 2.75) is 158 Å². The quantitative estimate of drug-likeness (QED) is 0.133. The second-order valence-electron chi connectivity index (χ2n) is 19.3. The summed E-state index contributed by atoms with van der Waals surface area (Å²) in [6.07, 6.45) is 19.5. The zero-order valence-electron chi connectivity index (χ0n) is 47.4. The molecule has 8 aromatic rings. The SMILES string of the molecule is CC(C)c1ccc(F)cn1.CC(C)c1ccccn1.CC(C)c1cccnn1.CC(C)c1ccncn1.CC(C)c1cnccn1.CC(C)c1ncc(F)cc1F.CC(C)c1ncccc1F.CC(C)c1ncccn1. The maximum atomic E-state index is 12.8. The molecule has 0 radical (unpaired) electrons. The Morgan fingerprint density at radius 1 is 0.316 bits per heavy atom. The number of aromatic nitrogens is 12. The van der Waals surface area contributed by atoms with Gasteiger partial charge in [-0.2, -0.15) is 10.2 Å². The third kappa shape index (κ3) is 29.5. The van der Waals surface area contributed by atoms with Gasteiger partial charge in [-0.05, 0) is 102 Å². The van der Waals surface area contributed by atoms with Gasteiger partial charge in [0, 0.05) is 84.8 Å². The molecule has 8 heterocycles. The highest BCUT2D eigenvalue weighted by Gasteiger charge is 2.09. The molecule has 0 aliphatic heterocycles. The van der Waals surface area contributed by atoms with Gasteiger partial charge in [-0.1, -0.05) is 117 Å². The average molecular weight is 1050 g/mol. The first kappa shape index (κ1) is 66.7. The van der Waals surface area contributed by atoms with Gasteiger partial charge in [-0.15, -0.1) is 0 Å². The average Bonchev–Trinajstić information content (AvgIpc) is 3.41. The molecule has 8 aromatic heterocycles. The number of hydrogen-bond acceptors (Lipinski definition) is 12. The van der Waals surface area contributed by atoms with Crippen LogP contribution >= 0.6 is 0 Å². The molecule has 408 valence electrons. The first-order valence-electron chi connectivity index (χ1n) is 25.5. The highest BCUT2D eigenvalue weighted by molar-refractivity contribution is 5.13. The number of pyridine rings is 4. The maximum absolute atomic E-state index is 12.8. The van der Waals surface area contributed by atoms with Crippen LogP contribution in [0.3, 0.4) is 0 Å². The van der Waals surface area contributed by atoms with Gasteiger partial charge in [0.25, 0.3) is 0 Å². The van der Waals surface area contributed by atoms with Gasteiger partial charge in [0.05, 0.1) is 35.2 Å². The second kappa shape index (κ2) is 38.2. The van der Waals surface area contributed by atoms with Crippen LogP contribution in [0.2, 0.25) is 0 Å². The van der Waals surface area contributed by atoms with E-state index in [4.69, 9.17) is 0 Å². The minimum Gasteiger partial charge on any atom is -0.261 e. The van der Waals surface area contributed by atoms with E-state index >= 15 is 0 Å². The Morgan fingerprint density at radius 2 is 0.842 bits per heavy atom. The van der Waals surface area contributed by atoms with Gasteiger partial charge < -0.3 is 0 Å². The fourth-order valence-corrected chi connectivity index (χ4v) is 5.60. The number of nitrogens with zero attached hydrogens (tertiary/aromatic N) is 12. The van der Waals surface area contributed by atoms with E-state index in [1.54, 1.807) is 68.0 Å². The van der Waals surface area contributed by atoms with Crippen LogP contribution in [0.1, 0.15) is 204 Å². The van der Waals surface area contributed by atoms with Crippen molar-refractivity contribution in [1.82, 2.24) is 60.0 Å². The van der Waals surface area contributed by atoms with Crippen LogP contribution in [-0.4, -0.2) is 60.0 Å². The van der Waals surface area contributed by atoms with Crippen LogP contribution in [-0.2, 0) is 0 Å². The number of halogens is 4. The van der Waals surface area contributed by atoms with E-state index in [1.165, 1.54) is 18.3 Å². The van der Waals surface area contributed by atoms with Crippen LogP contribution in [0.25, 0.3) is 0 Å². The van der Waals surface area contributed by atoms with Crippen molar-refractivity contribution in [2.75, 3.05) is 0 Å². The van der Waals surface area contributed by atoms with Crippen molar-refractivity contribution in [3.63, 3.8) is 0 Å². The summed E-state index contributed by atoms with van der Waals surface area (Å²) in [4.78, 5) is 39.7. The van der Waals surface area contributed by atoms with Gasteiger partial charge in [-0.3, -0.25) is 29.9 Å². The maximum Gasteiger partial charge on any atom is 0.147 e. The smallest absolute Gasteiger partial charge is 0.147 e. The van der Waals surface area contributed by atoms with Crippen molar-refractivity contribution in [1.29, 1.82) is 0 Å². The second-order valence-corrected chi connectivity index (χ2v) is 19.3. The Morgan fingerprint density at radius 3 is 1.21 bits per heavy atom. The molecule has 8 rings (SSSR count). The minimum absolute atomic E-state index is 0.00407. The third-order valence-corrected chi connectivity index (χ3v) is 10.00. The molecule has 16 heteroatoms. The van der Waals surface area contributed by atoms with Crippen LogP contribution in [0.5, 0.6) is 0 Å². The topological polar surface area (TPSA) is 155 Å². The van der Waals surface area contributed by atoms with Crippen molar-refractivity contribution in [3.8, 4) is 0 Å². The first-order chi connectivity index (χ1) is 36.0. The predicted octanol–water partition coefficient (Wildman–Crippen LogP) is 15.8. The molecule has 0 saturated heterocycles. The summed E-state index contributed by atoms with van der Waals surface area (Å²) in [6, 6.07) is 20.7. The molecule has 0 amide bonds. The molecule has 0 atom stereocenters. The van der Waals surface area contributed by atoms with Gasteiger partial charge in [-0.25, -0.2) is 37.5 Å². The fourth-order valence-electron chi connectivity index (χ4n) is 5.60. The summed E-state index contributed by atoms with van der Waals surface area (Å²) in [5, 5.41) is 7.68.